The third-order valence-electron chi connectivity index (χ3n) is 2.09. The Bertz CT molecular complexity index is 86.9. The van der Waals surface area contributed by atoms with Crippen LogP contribution >= 0.6 is 0 Å². The molecular formula is C7H14FN. The van der Waals surface area contributed by atoms with Gasteiger partial charge in [-0.25, -0.2) is 4.39 Å². The van der Waals surface area contributed by atoms with Crippen molar-refractivity contribution in [2.75, 3.05) is 7.05 Å². The van der Waals surface area contributed by atoms with Gasteiger partial charge in [0.2, 0.25) is 0 Å². The van der Waals surface area contributed by atoms with Gasteiger partial charge in [0.25, 0.3) is 0 Å². The fourth-order valence-electron chi connectivity index (χ4n) is 1.36. The van der Waals surface area contributed by atoms with E-state index in [2.05, 4.69) is 5.32 Å². The summed E-state index contributed by atoms with van der Waals surface area (Å²) in [7, 11) is 1.70. The first kappa shape index (κ1) is 7.00. The van der Waals surface area contributed by atoms with Crippen LogP contribution in [0.3, 0.4) is 0 Å². The first-order chi connectivity index (χ1) is 4.27. The highest BCUT2D eigenvalue weighted by Crippen LogP contribution is 2.28. The van der Waals surface area contributed by atoms with Gasteiger partial charge in [0.1, 0.15) is 0 Å². The van der Waals surface area contributed by atoms with Gasteiger partial charge in [-0.3, -0.25) is 5.32 Å². The number of nitrogens with one attached hydrogen (secondary N) is 1. The second-order valence-electron chi connectivity index (χ2n) is 2.78. The van der Waals surface area contributed by atoms with E-state index in [4.69, 9.17) is 0 Å². The molecule has 2 heteroatoms. The summed E-state index contributed by atoms with van der Waals surface area (Å²) in [5, 5.41) is 2.71. The Kier molecular flexibility index (Phi) is 2.06. The highest BCUT2D eigenvalue weighted by molar-refractivity contribution is 4.78. The summed E-state index contributed by atoms with van der Waals surface area (Å²) in [5.74, 6) is -1.03. The van der Waals surface area contributed by atoms with Gasteiger partial charge in [-0.1, -0.05) is 6.42 Å². The molecule has 0 radical (unpaired) electrons. The molecule has 1 rings (SSSR count). The molecule has 1 N–H and O–H groups in total. The first-order valence-corrected chi connectivity index (χ1v) is 3.65. The summed E-state index contributed by atoms with van der Waals surface area (Å²) in [6.07, 6.45) is 4.68. The lowest BCUT2D eigenvalue weighted by molar-refractivity contribution is 0.0763. The minimum absolute atomic E-state index is 0.698. The molecule has 0 aliphatic heterocycles. The van der Waals surface area contributed by atoms with Crippen LogP contribution in [0.4, 0.5) is 4.39 Å². The SMILES string of the molecule is CNC1(F)CCCCC1. The Labute approximate surface area is 55.6 Å². The standard InChI is InChI=1S/C7H14FN/c1-9-7(8)5-3-2-4-6-7/h9H,2-6H2,1H3. The summed E-state index contributed by atoms with van der Waals surface area (Å²) >= 11 is 0. The summed E-state index contributed by atoms with van der Waals surface area (Å²) < 4.78 is 13.2. The van der Waals surface area contributed by atoms with Crippen LogP contribution in [0.5, 0.6) is 0 Å². The van der Waals surface area contributed by atoms with Crippen LogP contribution in [-0.4, -0.2) is 12.8 Å². The monoisotopic (exact) mass is 131 g/mol. The van der Waals surface area contributed by atoms with E-state index in [0.717, 1.165) is 12.8 Å². The molecule has 0 aromatic rings. The largest absolute Gasteiger partial charge is 0.288 e. The van der Waals surface area contributed by atoms with E-state index < -0.39 is 5.79 Å². The highest BCUT2D eigenvalue weighted by Gasteiger charge is 2.28. The predicted octanol–water partition coefficient (Wildman–Crippen LogP) is 1.84. The molecule has 1 fully saturated rings. The molecule has 0 atom stereocenters. The molecule has 0 amide bonds. The van der Waals surface area contributed by atoms with Crippen molar-refractivity contribution in [1.29, 1.82) is 0 Å². The number of hydrogen-bond donors (Lipinski definition) is 1. The number of halogens is 1. The minimum Gasteiger partial charge on any atom is -0.288 e. The van der Waals surface area contributed by atoms with E-state index in [1.54, 1.807) is 7.05 Å². The van der Waals surface area contributed by atoms with Crippen LogP contribution in [0, 0.1) is 0 Å². The van der Waals surface area contributed by atoms with Crippen LogP contribution in [0.25, 0.3) is 0 Å². The van der Waals surface area contributed by atoms with E-state index in [-0.39, 0.29) is 0 Å². The fraction of sp³-hybridized carbons (Fsp3) is 1.00. The Morgan fingerprint density at radius 3 is 2.11 bits per heavy atom. The van der Waals surface area contributed by atoms with Crippen molar-refractivity contribution < 1.29 is 4.39 Å². The summed E-state index contributed by atoms with van der Waals surface area (Å²) in [5.41, 5.74) is 0. The lowest BCUT2D eigenvalue weighted by atomic mass is 9.93. The molecule has 9 heavy (non-hydrogen) atoms. The summed E-state index contributed by atoms with van der Waals surface area (Å²) in [6.45, 7) is 0. The molecule has 0 aromatic heterocycles. The van der Waals surface area contributed by atoms with Gasteiger partial charge in [0.05, 0.1) is 0 Å². The Morgan fingerprint density at radius 2 is 1.78 bits per heavy atom. The lowest BCUT2D eigenvalue weighted by Crippen LogP contribution is -2.39. The van der Waals surface area contributed by atoms with Crippen LogP contribution < -0.4 is 5.32 Å². The van der Waals surface area contributed by atoms with Crippen molar-refractivity contribution in [1.82, 2.24) is 5.32 Å². The maximum absolute atomic E-state index is 13.2. The van der Waals surface area contributed by atoms with Crippen molar-refractivity contribution in [2.24, 2.45) is 0 Å². The quantitative estimate of drug-likeness (QED) is 0.535. The number of rotatable bonds is 1. The average Bonchev–Trinajstić information content (AvgIpc) is 1.90. The van der Waals surface area contributed by atoms with Crippen LogP contribution in [0.1, 0.15) is 32.1 Å². The molecule has 54 valence electrons. The number of hydrogen-bond acceptors (Lipinski definition) is 1. The third-order valence-corrected chi connectivity index (χ3v) is 2.09. The zero-order valence-electron chi connectivity index (χ0n) is 5.91. The molecule has 0 spiro atoms. The maximum Gasteiger partial charge on any atom is 0.161 e. The van der Waals surface area contributed by atoms with Crippen molar-refractivity contribution in [3.8, 4) is 0 Å². The molecule has 0 unspecified atom stereocenters. The fourth-order valence-corrected chi connectivity index (χ4v) is 1.36. The average molecular weight is 131 g/mol. The van der Waals surface area contributed by atoms with Gasteiger partial charge >= 0.3 is 0 Å². The van der Waals surface area contributed by atoms with Gasteiger partial charge in [0.15, 0.2) is 5.79 Å². The maximum atomic E-state index is 13.2. The second kappa shape index (κ2) is 2.65. The molecule has 0 aromatic carbocycles. The van der Waals surface area contributed by atoms with Crippen molar-refractivity contribution in [3.05, 3.63) is 0 Å². The van der Waals surface area contributed by atoms with Gasteiger partial charge in [-0.2, -0.15) is 0 Å². The van der Waals surface area contributed by atoms with Crippen molar-refractivity contribution >= 4 is 0 Å². The van der Waals surface area contributed by atoms with Crippen LogP contribution in [0.2, 0.25) is 0 Å². The smallest absolute Gasteiger partial charge is 0.161 e. The van der Waals surface area contributed by atoms with Crippen LogP contribution in [-0.2, 0) is 0 Å². The van der Waals surface area contributed by atoms with E-state index in [0.29, 0.717) is 12.8 Å². The lowest BCUT2D eigenvalue weighted by Gasteiger charge is -2.28. The molecule has 0 saturated heterocycles. The Morgan fingerprint density at radius 1 is 1.22 bits per heavy atom. The predicted molar refractivity (Wildman–Crippen MR) is 36.0 cm³/mol. The normalized spacial score (nSPS) is 26.0. The number of alkyl halides is 1. The van der Waals surface area contributed by atoms with Gasteiger partial charge < -0.3 is 0 Å². The molecule has 1 aliphatic carbocycles. The Balaban J connectivity index is 2.37. The van der Waals surface area contributed by atoms with E-state index >= 15 is 0 Å². The van der Waals surface area contributed by atoms with Gasteiger partial charge in [-0.15, -0.1) is 0 Å². The Hall–Kier alpha value is -0.110. The molecule has 1 saturated carbocycles. The van der Waals surface area contributed by atoms with Gasteiger partial charge in [0, 0.05) is 0 Å². The summed E-state index contributed by atoms with van der Waals surface area (Å²) in [6, 6.07) is 0. The van der Waals surface area contributed by atoms with Crippen molar-refractivity contribution in [2.45, 2.75) is 37.9 Å². The van der Waals surface area contributed by atoms with Crippen molar-refractivity contribution in [3.63, 3.8) is 0 Å². The van der Waals surface area contributed by atoms with E-state index in [1.165, 1.54) is 6.42 Å². The second-order valence-corrected chi connectivity index (χ2v) is 2.78. The molecule has 0 heterocycles. The first-order valence-electron chi connectivity index (χ1n) is 3.65. The topological polar surface area (TPSA) is 12.0 Å². The highest BCUT2D eigenvalue weighted by atomic mass is 19.1. The molecular weight excluding hydrogens is 117 g/mol. The molecule has 0 bridgehead atoms. The minimum atomic E-state index is -1.03. The third kappa shape index (κ3) is 1.65. The van der Waals surface area contributed by atoms with Gasteiger partial charge in [-0.05, 0) is 32.7 Å². The molecule has 1 nitrogen and oxygen atoms in total. The van der Waals surface area contributed by atoms with E-state index in [1.807, 2.05) is 0 Å². The summed E-state index contributed by atoms with van der Waals surface area (Å²) in [4.78, 5) is 0. The zero-order valence-corrected chi connectivity index (χ0v) is 5.91. The molecule has 1 aliphatic rings. The van der Waals surface area contributed by atoms with E-state index in [9.17, 15) is 4.39 Å². The van der Waals surface area contributed by atoms with Crippen LogP contribution in [0.15, 0.2) is 0 Å². The zero-order chi connectivity index (χ0) is 6.74.